The Kier molecular flexibility index (Phi) is 7.16. The molecule has 8 heteroatoms. The monoisotopic (exact) mass is 414 g/mol. The Balaban J connectivity index is 2.10. The van der Waals surface area contributed by atoms with Gasteiger partial charge in [-0.2, -0.15) is 0 Å². The molecule has 0 radical (unpaired) electrons. The maximum absolute atomic E-state index is 13.8. The number of amides is 2. The highest BCUT2D eigenvalue weighted by Crippen LogP contribution is 2.21. The van der Waals surface area contributed by atoms with Crippen molar-refractivity contribution in [1.29, 1.82) is 0 Å². The highest BCUT2D eigenvalue weighted by atomic mass is 35.5. The van der Waals surface area contributed by atoms with E-state index in [0.717, 1.165) is 18.2 Å². The Bertz CT molecular complexity index is 839. The number of hydrogen-bond acceptors (Lipinski definition) is 2. The van der Waals surface area contributed by atoms with Crippen LogP contribution in [0.4, 0.5) is 8.78 Å². The van der Waals surface area contributed by atoms with Gasteiger partial charge in [-0.25, -0.2) is 8.78 Å². The molecule has 0 aliphatic carbocycles. The highest BCUT2D eigenvalue weighted by molar-refractivity contribution is 6.35. The summed E-state index contributed by atoms with van der Waals surface area (Å²) in [6.07, 6.45) is 0. The Hall–Kier alpha value is -2.18. The highest BCUT2D eigenvalue weighted by Gasteiger charge is 2.27. The van der Waals surface area contributed by atoms with E-state index in [1.165, 1.54) is 0 Å². The molecule has 0 saturated carbocycles. The van der Waals surface area contributed by atoms with Crippen LogP contribution in [0.3, 0.4) is 0 Å². The van der Waals surface area contributed by atoms with Crippen LogP contribution in [-0.2, 0) is 11.3 Å². The first-order valence-corrected chi connectivity index (χ1v) is 8.92. The molecule has 2 aromatic rings. The number of hydrogen-bond donors (Lipinski definition) is 2. The molecule has 2 rings (SSSR count). The average molecular weight is 415 g/mol. The second-order valence-electron chi connectivity index (χ2n) is 6.25. The van der Waals surface area contributed by atoms with Crippen LogP contribution >= 0.6 is 23.2 Å². The fraction of sp³-hybridized carbons (Fsp3) is 0.263. The maximum Gasteiger partial charge on any atom is 0.257 e. The molecule has 27 heavy (non-hydrogen) atoms. The van der Waals surface area contributed by atoms with E-state index in [4.69, 9.17) is 23.2 Å². The number of carbonyl (C=O) groups excluding carboxylic acids is 2. The van der Waals surface area contributed by atoms with Gasteiger partial charge in [0, 0.05) is 16.6 Å². The topological polar surface area (TPSA) is 58.2 Å². The fourth-order valence-corrected chi connectivity index (χ4v) is 2.90. The van der Waals surface area contributed by atoms with Gasteiger partial charge in [-0.3, -0.25) is 9.59 Å². The van der Waals surface area contributed by atoms with Crippen LogP contribution in [0.1, 0.15) is 29.8 Å². The summed E-state index contributed by atoms with van der Waals surface area (Å²) in [4.78, 5) is 24.8. The van der Waals surface area contributed by atoms with E-state index >= 15 is 0 Å². The van der Waals surface area contributed by atoms with Crippen LogP contribution in [-0.4, -0.2) is 17.9 Å². The molecule has 0 heterocycles. The summed E-state index contributed by atoms with van der Waals surface area (Å²) >= 11 is 11.9. The lowest BCUT2D eigenvalue weighted by Crippen LogP contribution is -2.49. The van der Waals surface area contributed by atoms with Crippen molar-refractivity contribution in [2.24, 2.45) is 5.92 Å². The number of nitrogens with one attached hydrogen (secondary N) is 2. The minimum absolute atomic E-state index is 0.113. The molecule has 0 aromatic heterocycles. The normalized spacial score (nSPS) is 12.0. The molecule has 144 valence electrons. The van der Waals surface area contributed by atoms with Crippen LogP contribution in [0.15, 0.2) is 36.4 Å². The van der Waals surface area contributed by atoms with Crippen LogP contribution in [0.5, 0.6) is 0 Å². The van der Waals surface area contributed by atoms with E-state index in [2.05, 4.69) is 10.6 Å². The third kappa shape index (κ3) is 5.40. The second-order valence-corrected chi connectivity index (χ2v) is 7.09. The fourth-order valence-electron chi connectivity index (χ4n) is 2.42. The summed E-state index contributed by atoms with van der Waals surface area (Å²) in [5, 5.41) is 5.90. The van der Waals surface area contributed by atoms with Gasteiger partial charge >= 0.3 is 0 Å². The summed E-state index contributed by atoms with van der Waals surface area (Å²) in [7, 11) is 0. The molecular weight excluding hydrogens is 397 g/mol. The first kappa shape index (κ1) is 21.1. The van der Waals surface area contributed by atoms with Crippen molar-refractivity contribution in [3.63, 3.8) is 0 Å². The molecule has 1 atom stereocenters. The summed E-state index contributed by atoms with van der Waals surface area (Å²) in [5.41, 5.74) is -0.0832. The zero-order valence-electron chi connectivity index (χ0n) is 14.7. The van der Waals surface area contributed by atoms with Crippen molar-refractivity contribution in [1.82, 2.24) is 10.6 Å². The molecule has 0 aliphatic rings. The standard InChI is InChI=1S/C19H18Cl2F2N2O2/c1-10(2)17(25-18(26)16-14(22)4-3-5-15(16)23)19(27)24-9-11-6-7-12(20)8-13(11)21/h3-8,10,17H,9H2,1-2H3,(H,24,27)(H,25,26). The number of rotatable bonds is 6. The molecule has 0 fully saturated rings. The molecule has 2 aromatic carbocycles. The van der Waals surface area contributed by atoms with E-state index in [1.807, 2.05) is 0 Å². The molecule has 1 unspecified atom stereocenters. The lowest BCUT2D eigenvalue weighted by atomic mass is 10.0. The number of carbonyl (C=O) groups is 2. The van der Waals surface area contributed by atoms with Gasteiger partial charge in [-0.05, 0) is 35.7 Å². The van der Waals surface area contributed by atoms with E-state index in [-0.39, 0.29) is 12.5 Å². The van der Waals surface area contributed by atoms with Crippen LogP contribution in [0.25, 0.3) is 0 Å². The quantitative estimate of drug-likeness (QED) is 0.738. The SMILES string of the molecule is CC(C)C(NC(=O)c1c(F)cccc1F)C(=O)NCc1ccc(Cl)cc1Cl. The molecule has 0 aliphatic heterocycles. The van der Waals surface area contributed by atoms with Crippen molar-refractivity contribution in [2.45, 2.75) is 26.4 Å². The zero-order chi connectivity index (χ0) is 20.1. The van der Waals surface area contributed by atoms with Crippen LogP contribution in [0, 0.1) is 17.6 Å². The van der Waals surface area contributed by atoms with Crippen LogP contribution in [0.2, 0.25) is 10.0 Å². The van der Waals surface area contributed by atoms with E-state index in [9.17, 15) is 18.4 Å². The van der Waals surface area contributed by atoms with Gasteiger partial charge in [-0.15, -0.1) is 0 Å². The van der Waals surface area contributed by atoms with E-state index < -0.39 is 35.1 Å². The van der Waals surface area contributed by atoms with Gasteiger partial charge in [0.1, 0.15) is 23.2 Å². The van der Waals surface area contributed by atoms with Crippen molar-refractivity contribution in [2.75, 3.05) is 0 Å². The molecule has 2 N–H and O–H groups in total. The van der Waals surface area contributed by atoms with Crippen molar-refractivity contribution in [3.8, 4) is 0 Å². The lowest BCUT2D eigenvalue weighted by molar-refractivity contribution is -0.124. The summed E-state index contributed by atoms with van der Waals surface area (Å²) < 4.78 is 27.5. The smallest absolute Gasteiger partial charge is 0.257 e. The Labute approximate surface area is 165 Å². The van der Waals surface area contributed by atoms with Crippen LogP contribution < -0.4 is 10.6 Å². The summed E-state index contributed by atoms with van der Waals surface area (Å²) in [6, 6.07) is 6.98. The van der Waals surface area contributed by atoms with Gasteiger partial charge in [-0.1, -0.05) is 49.2 Å². The van der Waals surface area contributed by atoms with Gasteiger partial charge in [0.05, 0.1) is 0 Å². The van der Waals surface area contributed by atoms with E-state index in [1.54, 1.807) is 32.0 Å². The molecule has 0 spiro atoms. The first-order valence-electron chi connectivity index (χ1n) is 8.17. The zero-order valence-corrected chi connectivity index (χ0v) is 16.2. The van der Waals surface area contributed by atoms with Gasteiger partial charge in [0.2, 0.25) is 5.91 Å². The Morgan fingerprint density at radius 1 is 1.07 bits per heavy atom. The maximum atomic E-state index is 13.8. The van der Waals surface area contributed by atoms with E-state index in [0.29, 0.717) is 15.6 Å². The predicted molar refractivity (Wildman–Crippen MR) is 101 cm³/mol. The molecule has 0 saturated heterocycles. The van der Waals surface area contributed by atoms with Crippen molar-refractivity contribution in [3.05, 3.63) is 69.2 Å². The van der Waals surface area contributed by atoms with Crippen molar-refractivity contribution < 1.29 is 18.4 Å². The van der Waals surface area contributed by atoms with Crippen molar-refractivity contribution >= 4 is 35.0 Å². The minimum Gasteiger partial charge on any atom is -0.350 e. The molecule has 2 amide bonds. The summed E-state index contributed by atoms with van der Waals surface area (Å²) in [6.45, 7) is 3.52. The molecule has 4 nitrogen and oxygen atoms in total. The lowest BCUT2D eigenvalue weighted by Gasteiger charge is -2.22. The largest absolute Gasteiger partial charge is 0.350 e. The van der Waals surface area contributed by atoms with Gasteiger partial charge < -0.3 is 10.6 Å². The average Bonchev–Trinajstić information content (AvgIpc) is 2.58. The molecule has 0 bridgehead atoms. The van der Waals surface area contributed by atoms with Gasteiger partial charge in [0.25, 0.3) is 5.91 Å². The second kappa shape index (κ2) is 9.15. The predicted octanol–water partition coefficient (Wildman–Crippen LogP) is 4.34. The molecular formula is C19H18Cl2F2N2O2. The minimum atomic E-state index is -0.997. The number of benzene rings is 2. The Morgan fingerprint density at radius 3 is 2.26 bits per heavy atom. The first-order chi connectivity index (χ1) is 12.7. The third-order valence-electron chi connectivity index (χ3n) is 3.89. The third-order valence-corrected chi connectivity index (χ3v) is 4.48. The summed E-state index contributed by atoms with van der Waals surface area (Å²) in [5.74, 6) is -3.80. The van der Waals surface area contributed by atoms with Gasteiger partial charge in [0.15, 0.2) is 0 Å². The Morgan fingerprint density at radius 2 is 1.70 bits per heavy atom. The number of halogens is 4.